The molecular weight excluding hydrogens is 204 g/mol. The Morgan fingerprint density at radius 2 is 1.94 bits per heavy atom. The van der Waals surface area contributed by atoms with Gasteiger partial charge < -0.3 is 10.1 Å². The number of amides is 1. The number of hydrogen-bond acceptors (Lipinski definition) is 3. The average molecular weight is 228 g/mol. The maximum atomic E-state index is 11.4. The van der Waals surface area contributed by atoms with Gasteiger partial charge in [-0.25, -0.2) is 0 Å². The van der Waals surface area contributed by atoms with E-state index in [-0.39, 0.29) is 11.8 Å². The summed E-state index contributed by atoms with van der Waals surface area (Å²) in [7, 11) is 0. The molecule has 1 saturated heterocycles. The van der Waals surface area contributed by atoms with Gasteiger partial charge in [0.2, 0.25) is 5.91 Å². The first-order valence-corrected chi connectivity index (χ1v) is 6.14. The molecular formula is C12H24N2O2. The normalized spacial score (nSPS) is 27.1. The highest BCUT2D eigenvalue weighted by Gasteiger charge is 2.21. The highest BCUT2D eigenvalue weighted by molar-refractivity contribution is 5.77. The fourth-order valence-corrected chi connectivity index (χ4v) is 2.01. The Morgan fingerprint density at radius 3 is 2.44 bits per heavy atom. The average Bonchev–Trinajstić information content (AvgIpc) is 2.15. The lowest BCUT2D eigenvalue weighted by Gasteiger charge is -2.35. The first-order valence-electron chi connectivity index (χ1n) is 6.14. The highest BCUT2D eigenvalue weighted by atomic mass is 16.5. The number of nitrogens with zero attached hydrogens (tertiary/aromatic N) is 1. The second-order valence-corrected chi connectivity index (χ2v) is 4.96. The molecule has 94 valence electrons. The van der Waals surface area contributed by atoms with Gasteiger partial charge in [-0.3, -0.25) is 9.69 Å². The second kappa shape index (κ2) is 6.21. The van der Waals surface area contributed by atoms with Gasteiger partial charge in [0.25, 0.3) is 0 Å². The molecule has 0 aromatic carbocycles. The molecule has 0 aromatic heterocycles. The lowest BCUT2D eigenvalue weighted by atomic mass is 10.2. The van der Waals surface area contributed by atoms with Crippen molar-refractivity contribution >= 4 is 5.91 Å². The van der Waals surface area contributed by atoms with Crippen LogP contribution >= 0.6 is 0 Å². The third-order valence-corrected chi connectivity index (χ3v) is 2.75. The fourth-order valence-electron chi connectivity index (χ4n) is 2.01. The Morgan fingerprint density at radius 1 is 1.38 bits per heavy atom. The number of ether oxygens (including phenoxy) is 1. The first-order chi connectivity index (χ1) is 7.49. The van der Waals surface area contributed by atoms with Gasteiger partial charge in [0, 0.05) is 32.1 Å². The summed E-state index contributed by atoms with van der Waals surface area (Å²) in [6.07, 6.45) is 0.592. The topological polar surface area (TPSA) is 41.6 Å². The van der Waals surface area contributed by atoms with Crippen LogP contribution in [0.2, 0.25) is 0 Å². The largest absolute Gasteiger partial charge is 0.373 e. The molecule has 0 spiro atoms. The predicted molar refractivity (Wildman–Crippen MR) is 64.3 cm³/mol. The van der Waals surface area contributed by atoms with Crippen LogP contribution in [0.4, 0.5) is 0 Å². The SMILES string of the molecule is CC(C)C(=O)NCCN1C[C@@H](C)O[C@@H](C)C1. The summed E-state index contributed by atoms with van der Waals surface area (Å²) in [5, 5.41) is 2.94. The van der Waals surface area contributed by atoms with Crippen molar-refractivity contribution in [1.29, 1.82) is 0 Å². The summed E-state index contributed by atoms with van der Waals surface area (Å²) in [5.41, 5.74) is 0. The summed E-state index contributed by atoms with van der Waals surface area (Å²) in [4.78, 5) is 13.7. The van der Waals surface area contributed by atoms with Crippen molar-refractivity contribution in [3.8, 4) is 0 Å². The smallest absolute Gasteiger partial charge is 0.222 e. The quantitative estimate of drug-likeness (QED) is 0.776. The van der Waals surface area contributed by atoms with Crippen LogP contribution in [0.5, 0.6) is 0 Å². The van der Waals surface area contributed by atoms with Crippen LogP contribution in [0.15, 0.2) is 0 Å². The van der Waals surface area contributed by atoms with Crippen LogP contribution in [0.25, 0.3) is 0 Å². The maximum absolute atomic E-state index is 11.4. The van der Waals surface area contributed by atoms with Crippen molar-refractivity contribution in [2.24, 2.45) is 5.92 Å². The molecule has 1 rings (SSSR count). The van der Waals surface area contributed by atoms with Crippen LogP contribution in [0.1, 0.15) is 27.7 Å². The molecule has 1 amide bonds. The number of nitrogens with one attached hydrogen (secondary N) is 1. The van der Waals surface area contributed by atoms with Crippen LogP contribution in [0.3, 0.4) is 0 Å². The molecule has 4 nitrogen and oxygen atoms in total. The monoisotopic (exact) mass is 228 g/mol. The molecule has 1 aliphatic heterocycles. The Hall–Kier alpha value is -0.610. The van der Waals surface area contributed by atoms with E-state index in [9.17, 15) is 4.79 Å². The number of hydrogen-bond donors (Lipinski definition) is 1. The fraction of sp³-hybridized carbons (Fsp3) is 0.917. The van der Waals surface area contributed by atoms with E-state index in [2.05, 4.69) is 24.1 Å². The van der Waals surface area contributed by atoms with Gasteiger partial charge in [-0.2, -0.15) is 0 Å². The van der Waals surface area contributed by atoms with Gasteiger partial charge in [0.15, 0.2) is 0 Å². The maximum Gasteiger partial charge on any atom is 0.222 e. The van der Waals surface area contributed by atoms with Gasteiger partial charge in [-0.15, -0.1) is 0 Å². The van der Waals surface area contributed by atoms with Crippen LogP contribution in [-0.2, 0) is 9.53 Å². The Balaban J connectivity index is 2.20. The highest BCUT2D eigenvalue weighted by Crippen LogP contribution is 2.09. The molecule has 0 aliphatic carbocycles. The van der Waals surface area contributed by atoms with E-state index in [1.165, 1.54) is 0 Å². The lowest BCUT2D eigenvalue weighted by Crippen LogP contribution is -2.48. The van der Waals surface area contributed by atoms with Crippen molar-refractivity contribution in [3.63, 3.8) is 0 Å². The van der Waals surface area contributed by atoms with E-state index in [0.717, 1.165) is 26.2 Å². The summed E-state index contributed by atoms with van der Waals surface area (Å²) in [6.45, 7) is 11.6. The zero-order chi connectivity index (χ0) is 12.1. The van der Waals surface area contributed by atoms with E-state index in [1.54, 1.807) is 0 Å². The van der Waals surface area contributed by atoms with Crippen LogP contribution < -0.4 is 5.32 Å². The van der Waals surface area contributed by atoms with Crippen molar-refractivity contribution in [2.75, 3.05) is 26.2 Å². The van der Waals surface area contributed by atoms with Crippen molar-refractivity contribution < 1.29 is 9.53 Å². The molecule has 2 atom stereocenters. The zero-order valence-electron chi connectivity index (χ0n) is 10.8. The number of carbonyl (C=O) groups excluding carboxylic acids is 1. The summed E-state index contributed by atoms with van der Waals surface area (Å²) in [6, 6.07) is 0. The van der Waals surface area contributed by atoms with Crippen molar-refractivity contribution in [2.45, 2.75) is 39.9 Å². The standard InChI is InChI=1S/C12H24N2O2/c1-9(2)12(15)13-5-6-14-7-10(3)16-11(4)8-14/h9-11H,5-8H2,1-4H3,(H,13,15)/t10-,11+. The van der Waals surface area contributed by atoms with Gasteiger partial charge in [0.1, 0.15) is 0 Å². The Labute approximate surface area is 98.3 Å². The molecule has 1 aliphatic rings. The molecule has 16 heavy (non-hydrogen) atoms. The number of carbonyl (C=O) groups is 1. The summed E-state index contributed by atoms with van der Waals surface area (Å²) < 4.78 is 5.65. The van der Waals surface area contributed by atoms with Crippen LogP contribution in [-0.4, -0.2) is 49.2 Å². The van der Waals surface area contributed by atoms with E-state index in [1.807, 2.05) is 13.8 Å². The van der Waals surface area contributed by atoms with Gasteiger partial charge in [0.05, 0.1) is 12.2 Å². The molecule has 0 bridgehead atoms. The number of morpholine rings is 1. The minimum absolute atomic E-state index is 0.0718. The minimum Gasteiger partial charge on any atom is -0.373 e. The molecule has 0 aromatic rings. The molecule has 4 heteroatoms. The third kappa shape index (κ3) is 4.49. The first kappa shape index (κ1) is 13.5. The van der Waals surface area contributed by atoms with Crippen molar-refractivity contribution in [3.05, 3.63) is 0 Å². The van der Waals surface area contributed by atoms with Gasteiger partial charge in [-0.05, 0) is 13.8 Å². The Bertz CT molecular complexity index is 221. The predicted octanol–water partition coefficient (Wildman–Crippen LogP) is 0.868. The molecule has 0 unspecified atom stereocenters. The van der Waals surface area contributed by atoms with Gasteiger partial charge in [-0.1, -0.05) is 13.8 Å². The lowest BCUT2D eigenvalue weighted by molar-refractivity contribution is -0.124. The zero-order valence-corrected chi connectivity index (χ0v) is 10.8. The summed E-state index contributed by atoms with van der Waals surface area (Å²) in [5.74, 6) is 0.205. The van der Waals surface area contributed by atoms with E-state index in [0.29, 0.717) is 12.2 Å². The van der Waals surface area contributed by atoms with Gasteiger partial charge >= 0.3 is 0 Å². The molecule has 0 radical (unpaired) electrons. The van der Waals surface area contributed by atoms with E-state index < -0.39 is 0 Å². The molecule has 1 N–H and O–H groups in total. The summed E-state index contributed by atoms with van der Waals surface area (Å²) >= 11 is 0. The molecule has 0 saturated carbocycles. The van der Waals surface area contributed by atoms with E-state index in [4.69, 9.17) is 4.74 Å². The van der Waals surface area contributed by atoms with E-state index >= 15 is 0 Å². The number of rotatable bonds is 4. The second-order valence-electron chi connectivity index (χ2n) is 4.96. The van der Waals surface area contributed by atoms with Crippen molar-refractivity contribution in [1.82, 2.24) is 10.2 Å². The Kier molecular flexibility index (Phi) is 5.22. The third-order valence-electron chi connectivity index (χ3n) is 2.75. The molecule has 1 fully saturated rings. The molecule has 1 heterocycles. The minimum atomic E-state index is 0.0718. The van der Waals surface area contributed by atoms with Crippen LogP contribution in [0, 0.1) is 5.92 Å².